The van der Waals surface area contributed by atoms with Crippen molar-refractivity contribution in [1.82, 2.24) is 35.4 Å². The van der Waals surface area contributed by atoms with E-state index in [9.17, 15) is 37.5 Å². The molecular weight excluding hydrogens is 648 g/mol. The van der Waals surface area contributed by atoms with E-state index in [0.717, 1.165) is 4.90 Å². The third-order valence-electron chi connectivity index (χ3n) is 5.83. The number of hydrogen-bond acceptors (Lipinski definition) is 14. The van der Waals surface area contributed by atoms with Crippen LogP contribution in [0.5, 0.6) is 0 Å². The van der Waals surface area contributed by atoms with E-state index in [1.165, 1.54) is 33.6 Å². The molecule has 0 spiro atoms. The molecule has 2 fully saturated rings. The second-order valence-corrected chi connectivity index (χ2v) is 12.7. The predicted molar refractivity (Wildman–Crippen MR) is 145 cm³/mol. The molecule has 3 N–H and O–H groups in total. The van der Waals surface area contributed by atoms with Crippen molar-refractivity contribution in [2.45, 2.75) is 28.9 Å². The number of fused-ring (bicyclic) bond motifs is 1. The second kappa shape index (κ2) is 12.1. The van der Waals surface area contributed by atoms with Gasteiger partial charge in [-0.05, 0) is 16.0 Å². The van der Waals surface area contributed by atoms with Gasteiger partial charge in [0.2, 0.25) is 5.16 Å². The summed E-state index contributed by atoms with van der Waals surface area (Å²) in [6.07, 6.45) is -5.44. The molecule has 2 aromatic rings. The van der Waals surface area contributed by atoms with Crippen LogP contribution in [0.1, 0.15) is 5.69 Å². The summed E-state index contributed by atoms with van der Waals surface area (Å²) >= 11 is 4.65. The number of amides is 3. The van der Waals surface area contributed by atoms with Gasteiger partial charge in [-0.3, -0.25) is 24.6 Å². The Balaban J connectivity index is 1.30. The minimum Gasteiger partial charge on any atom is -0.477 e. The predicted octanol–water partition coefficient (Wildman–Crippen LogP) is 0.534. The van der Waals surface area contributed by atoms with Crippen LogP contribution in [0.25, 0.3) is 0 Å². The third kappa shape index (κ3) is 6.20. The zero-order chi connectivity index (χ0) is 30.2. The van der Waals surface area contributed by atoms with Crippen molar-refractivity contribution in [2.75, 3.05) is 28.3 Å². The van der Waals surface area contributed by atoms with Gasteiger partial charge in [-0.15, -0.1) is 28.2 Å². The molecule has 3 aliphatic rings. The lowest BCUT2D eigenvalue weighted by Crippen LogP contribution is -2.71. The van der Waals surface area contributed by atoms with Crippen molar-refractivity contribution in [3.8, 4) is 0 Å². The number of aromatic nitrogens is 5. The van der Waals surface area contributed by atoms with Crippen LogP contribution < -0.4 is 10.6 Å². The topological polar surface area (TPSA) is 194 Å². The maximum Gasteiger partial charge on any atom is 0.471 e. The smallest absolute Gasteiger partial charge is 0.471 e. The summed E-state index contributed by atoms with van der Waals surface area (Å²) in [5.41, 5.74) is -0.336. The average Bonchev–Trinajstić information content (AvgIpc) is 3.54. The highest BCUT2D eigenvalue weighted by molar-refractivity contribution is 8.01. The van der Waals surface area contributed by atoms with Gasteiger partial charge in [0.1, 0.15) is 28.9 Å². The highest BCUT2D eigenvalue weighted by Gasteiger charge is 2.54. The van der Waals surface area contributed by atoms with Gasteiger partial charge in [0, 0.05) is 35.4 Å². The van der Waals surface area contributed by atoms with Crippen LogP contribution in [-0.2, 0) is 31.1 Å². The number of oxime groups is 1. The molecule has 0 radical (unpaired) electrons. The minimum absolute atomic E-state index is 0.189. The van der Waals surface area contributed by atoms with E-state index >= 15 is 0 Å². The van der Waals surface area contributed by atoms with Gasteiger partial charge in [0.25, 0.3) is 11.8 Å². The van der Waals surface area contributed by atoms with Gasteiger partial charge in [-0.1, -0.05) is 16.9 Å². The van der Waals surface area contributed by atoms with Gasteiger partial charge in [-0.25, -0.2) is 14.5 Å². The van der Waals surface area contributed by atoms with Crippen molar-refractivity contribution in [2.24, 2.45) is 12.2 Å². The number of aliphatic carboxylic acids is 1. The van der Waals surface area contributed by atoms with Gasteiger partial charge in [0.05, 0.1) is 0 Å². The number of halogens is 3. The Hall–Kier alpha value is -3.37. The monoisotopic (exact) mass is 665 g/mol. The van der Waals surface area contributed by atoms with Crippen molar-refractivity contribution in [1.29, 1.82) is 0 Å². The maximum atomic E-state index is 13.3. The van der Waals surface area contributed by atoms with E-state index in [-0.39, 0.29) is 29.0 Å². The van der Waals surface area contributed by atoms with Crippen LogP contribution in [0, 0.1) is 0 Å². The molecule has 5 heterocycles. The number of carboxylic acid groups (broad SMARTS) is 1. The Kier molecular flexibility index (Phi) is 8.66. The maximum absolute atomic E-state index is 13.3. The molecule has 22 heteroatoms. The Labute approximate surface area is 250 Å². The lowest BCUT2D eigenvalue weighted by molar-refractivity contribution is -0.167. The zero-order valence-corrected chi connectivity index (χ0v) is 24.3. The fourth-order valence-electron chi connectivity index (χ4n) is 3.71. The normalized spacial score (nSPS) is 20.9. The first-order chi connectivity index (χ1) is 19.9. The van der Waals surface area contributed by atoms with Crippen molar-refractivity contribution >= 4 is 81.2 Å². The summed E-state index contributed by atoms with van der Waals surface area (Å²) in [7, 11) is 1.63. The summed E-state index contributed by atoms with van der Waals surface area (Å²) in [6, 6.07) is -1.12. The van der Waals surface area contributed by atoms with E-state index in [0.29, 0.717) is 33.6 Å². The van der Waals surface area contributed by atoms with Crippen LogP contribution in [0.3, 0.4) is 0 Å². The third-order valence-corrected chi connectivity index (χ3v) is 10.2. The van der Waals surface area contributed by atoms with Crippen molar-refractivity contribution in [3.63, 3.8) is 0 Å². The number of anilines is 1. The Bertz CT molecular complexity index is 1490. The molecule has 15 nitrogen and oxygen atoms in total. The van der Waals surface area contributed by atoms with Crippen LogP contribution in [0.2, 0.25) is 0 Å². The lowest BCUT2D eigenvalue weighted by atomic mass is 10.0. The molecule has 2 saturated heterocycles. The van der Waals surface area contributed by atoms with Gasteiger partial charge in [0.15, 0.2) is 10.8 Å². The quantitative estimate of drug-likeness (QED) is 0.138. The lowest BCUT2D eigenvalue weighted by Gasteiger charge is -2.49. The number of nitrogens with one attached hydrogen (secondary N) is 2. The minimum atomic E-state index is -5.15. The van der Waals surface area contributed by atoms with E-state index in [1.54, 1.807) is 24.1 Å². The summed E-state index contributed by atoms with van der Waals surface area (Å²) in [5, 5.41) is 29.4. The first-order valence-electron chi connectivity index (χ1n) is 11.7. The van der Waals surface area contributed by atoms with E-state index < -0.39 is 52.1 Å². The van der Waals surface area contributed by atoms with E-state index in [4.69, 9.17) is 4.84 Å². The number of carbonyl (C=O) groups excluding carboxylic acids is 3. The number of tetrazole rings is 1. The van der Waals surface area contributed by atoms with E-state index in [1.807, 2.05) is 0 Å². The molecule has 3 amide bonds. The standard InChI is InChI=1S/C20H18F3N9O6S4/c1-31-19(27-29-30-31)42-3-7-2-40-15-11(14(34)32(15)12(7)16(35)36)25-13(33)10(28-38-8-4-39-5-8)9-6-41-18(24-9)26-17(37)20(21,22)23/h6,8,11,15H,2-5H2,1H3,(H,25,33)(H,35,36)(H,24,26,37)/t11?,15-/m1/s1. The van der Waals surface area contributed by atoms with Gasteiger partial charge >= 0.3 is 18.1 Å². The molecule has 2 aromatic heterocycles. The van der Waals surface area contributed by atoms with Crippen LogP contribution in [0.4, 0.5) is 18.3 Å². The fraction of sp³-hybridized carbons (Fsp3) is 0.450. The molecule has 5 rings (SSSR count). The number of β-lactam (4-membered cyclic amide) rings is 1. The summed E-state index contributed by atoms with van der Waals surface area (Å²) in [5.74, 6) is -3.47. The second-order valence-electron chi connectivity index (χ2n) is 8.69. The SMILES string of the molecule is Cn1nnnc1SCC1=C(C(=O)O)N2C(=O)C(NC(=O)C(=NOC3CSC3)c3csc(NC(=O)C(F)(F)F)n3)[C@H]2SC1. The van der Waals surface area contributed by atoms with Gasteiger partial charge in [-0.2, -0.15) is 24.9 Å². The molecule has 0 saturated carbocycles. The largest absolute Gasteiger partial charge is 0.477 e. The number of hydrogen-bond donors (Lipinski definition) is 3. The highest BCUT2D eigenvalue weighted by atomic mass is 32.2. The first kappa shape index (κ1) is 30.1. The van der Waals surface area contributed by atoms with Crippen molar-refractivity contribution in [3.05, 3.63) is 22.3 Å². The highest BCUT2D eigenvalue weighted by Crippen LogP contribution is 2.41. The Morgan fingerprint density at radius 2 is 2.07 bits per heavy atom. The number of carboxylic acids is 1. The molecule has 1 unspecified atom stereocenters. The van der Waals surface area contributed by atoms with E-state index in [2.05, 4.69) is 31.0 Å². The summed E-state index contributed by atoms with van der Waals surface area (Å²) in [6.45, 7) is 0. The molecule has 224 valence electrons. The molecular formula is C20H18F3N9O6S4. The first-order valence-corrected chi connectivity index (χ1v) is 15.7. The van der Waals surface area contributed by atoms with Crippen LogP contribution in [0.15, 0.2) is 27.0 Å². The fourth-order valence-corrected chi connectivity index (χ4v) is 7.29. The summed E-state index contributed by atoms with van der Waals surface area (Å²) in [4.78, 5) is 60.1. The number of rotatable bonds is 10. The Morgan fingerprint density at radius 3 is 2.69 bits per heavy atom. The molecule has 0 aromatic carbocycles. The number of thioether (sulfide) groups is 3. The number of nitrogens with zero attached hydrogens (tertiary/aromatic N) is 7. The van der Waals surface area contributed by atoms with Gasteiger partial charge < -0.3 is 15.3 Å². The molecule has 2 atom stereocenters. The average molecular weight is 666 g/mol. The molecule has 3 aliphatic heterocycles. The number of thiazole rings is 1. The Morgan fingerprint density at radius 1 is 1.31 bits per heavy atom. The molecule has 42 heavy (non-hydrogen) atoms. The van der Waals surface area contributed by atoms with Crippen LogP contribution in [-0.4, -0.2) is 111 Å². The van der Waals surface area contributed by atoms with Crippen LogP contribution >= 0.6 is 46.6 Å². The summed E-state index contributed by atoms with van der Waals surface area (Å²) < 4.78 is 39.3. The number of carbonyl (C=O) groups is 4. The number of alkyl halides is 3. The van der Waals surface area contributed by atoms with Crippen molar-refractivity contribution < 1.29 is 42.3 Å². The molecule has 0 aliphatic carbocycles. The zero-order valence-electron chi connectivity index (χ0n) is 21.0. The number of aryl methyl sites for hydroxylation is 1. The molecule has 0 bridgehead atoms.